The Bertz CT molecular complexity index is 701. The molecule has 2 saturated heterocycles. The fourth-order valence-corrected chi connectivity index (χ4v) is 4.31. The molecule has 0 radical (unpaired) electrons. The van der Waals surface area contributed by atoms with Gasteiger partial charge in [-0.25, -0.2) is 4.98 Å². The third kappa shape index (κ3) is 2.91. The van der Waals surface area contributed by atoms with Gasteiger partial charge in [-0.15, -0.1) is 11.3 Å². The number of hydrogen-bond acceptors (Lipinski definition) is 4. The van der Waals surface area contributed by atoms with E-state index in [0.29, 0.717) is 12.5 Å². The van der Waals surface area contributed by atoms with E-state index < -0.39 is 0 Å². The van der Waals surface area contributed by atoms with Crippen molar-refractivity contribution in [2.45, 2.75) is 32.0 Å². The van der Waals surface area contributed by atoms with Crippen LogP contribution in [0.25, 0.3) is 0 Å². The van der Waals surface area contributed by atoms with Crippen LogP contribution in [0.15, 0.2) is 35.8 Å². The molecule has 0 spiro atoms. The van der Waals surface area contributed by atoms with Crippen molar-refractivity contribution in [3.63, 3.8) is 0 Å². The highest BCUT2D eigenvalue weighted by molar-refractivity contribution is 7.09. The van der Waals surface area contributed by atoms with E-state index >= 15 is 0 Å². The van der Waals surface area contributed by atoms with Gasteiger partial charge in [-0.3, -0.25) is 4.79 Å². The Morgan fingerprint density at radius 2 is 2.35 bits per heavy atom. The third-order valence-corrected chi connectivity index (χ3v) is 5.70. The van der Waals surface area contributed by atoms with Gasteiger partial charge in [-0.2, -0.15) is 0 Å². The quantitative estimate of drug-likeness (QED) is 0.848. The van der Waals surface area contributed by atoms with Crippen LogP contribution in [0.3, 0.4) is 0 Å². The number of amides is 1. The molecule has 0 bridgehead atoms. The van der Waals surface area contributed by atoms with Crippen molar-refractivity contribution in [2.24, 2.45) is 5.92 Å². The number of aryl methyl sites for hydroxylation is 1. The number of carbonyl (C=O) groups excluding carboxylic acids is 1. The Morgan fingerprint density at radius 1 is 1.43 bits per heavy atom. The molecule has 4 rings (SSSR count). The Morgan fingerprint density at radius 3 is 3.13 bits per heavy atom. The normalized spacial score (nSPS) is 27.0. The summed E-state index contributed by atoms with van der Waals surface area (Å²) in [4.78, 5) is 19.0. The molecule has 2 aromatic rings. The van der Waals surface area contributed by atoms with Crippen LogP contribution in [0.2, 0.25) is 0 Å². The average Bonchev–Trinajstić information content (AvgIpc) is 3.22. The molecule has 120 valence electrons. The summed E-state index contributed by atoms with van der Waals surface area (Å²) in [5, 5.41) is 3.06. The third-order valence-electron chi connectivity index (χ3n) is 4.83. The first-order chi connectivity index (χ1) is 11.2. The molecule has 2 aliphatic heterocycles. The molecule has 4 nitrogen and oxygen atoms in total. The van der Waals surface area contributed by atoms with Crippen molar-refractivity contribution in [1.29, 1.82) is 0 Å². The van der Waals surface area contributed by atoms with Crippen LogP contribution in [0, 0.1) is 12.8 Å². The maximum atomic E-state index is 12.7. The lowest BCUT2D eigenvalue weighted by Gasteiger charge is -2.34. The second-order valence-electron chi connectivity index (χ2n) is 6.44. The fourth-order valence-electron chi connectivity index (χ4n) is 3.63. The molecule has 23 heavy (non-hydrogen) atoms. The first kappa shape index (κ1) is 14.8. The van der Waals surface area contributed by atoms with Gasteiger partial charge in [0.1, 0.15) is 11.1 Å². The topological polar surface area (TPSA) is 42.4 Å². The van der Waals surface area contributed by atoms with Gasteiger partial charge in [0.2, 0.25) is 0 Å². The maximum absolute atomic E-state index is 12.7. The zero-order valence-electron chi connectivity index (χ0n) is 13.1. The molecule has 3 heterocycles. The van der Waals surface area contributed by atoms with Crippen LogP contribution in [0.1, 0.15) is 39.9 Å². The smallest absolute Gasteiger partial charge is 0.253 e. The van der Waals surface area contributed by atoms with Crippen molar-refractivity contribution in [3.05, 3.63) is 52.0 Å². The number of nitrogens with zero attached hydrogens (tertiary/aromatic N) is 2. The predicted octanol–water partition coefficient (Wildman–Crippen LogP) is 3.44. The van der Waals surface area contributed by atoms with Gasteiger partial charge < -0.3 is 9.64 Å². The molecule has 0 unspecified atom stereocenters. The summed E-state index contributed by atoms with van der Waals surface area (Å²) in [6, 6.07) is 7.82. The molecular formula is C18H20N2O2S. The van der Waals surface area contributed by atoms with E-state index in [1.165, 1.54) is 0 Å². The van der Waals surface area contributed by atoms with E-state index in [0.717, 1.165) is 35.5 Å². The molecule has 1 aromatic carbocycles. The summed E-state index contributed by atoms with van der Waals surface area (Å²) in [6.45, 7) is 3.53. The van der Waals surface area contributed by atoms with Crippen LogP contribution < -0.4 is 0 Å². The molecular weight excluding hydrogens is 308 g/mol. The molecule has 2 aliphatic rings. The van der Waals surface area contributed by atoms with Gasteiger partial charge in [0.05, 0.1) is 6.10 Å². The zero-order valence-corrected chi connectivity index (χ0v) is 14.0. The van der Waals surface area contributed by atoms with Gasteiger partial charge in [0, 0.05) is 30.2 Å². The molecule has 3 atom stereocenters. The first-order valence-electron chi connectivity index (χ1n) is 8.11. The minimum Gasteiger partial charge on any atom is -0.366 e. The number of carbonyl (C=O) groups is 1. The van der Waals surface area contributed by atoms with E-state index in [9.17, 15) is 4.79 Å². The summed E-state index contributed by atoms with van der Waals surface area (Å²) >= 11 is 1.65. The standard InChI is InChI=1S/C18H20N2O2S/c1-12-3-2-4-14(9-12)18(21)20-7-5-13-10-15(22-16(13)11-20)17-19-6-8-23-17/h2-4,6,8-9,13,15-16H,5,7,10-11H2,1H3/t13-,15-,16+/m0/s1. The first-order valence-corrected chi connectivity index (χ1v) is 8.99. The Kier molecular flexibility index (Phi) is 3.91. The van der Waals surface area contributed by atoms with E-state index in [2.05, 4.69) is 4.98 Å². The Labute approximate surface area is 140 Å². The maximum Gasteiger partial charge on any atom is 0.253 e. The monoisotopic (exact) mass is 328 g/mol. The number of aromatic nitrogens is 1. The van der Waals surface area contributed by atoms with Crippen molar-refractivity contribution in [2.75, 3.05) is 13.1 Å². The van der Waals surface area contributed by atoms with Crippen LogP contribution >= 0.6 is 11.3 Å². The molecule has 1 aromatic heterocycles. The van der Waals surface area contributed by atoms with Crippen LogP contribution in [0.5, 0.6) is 0 Å². The van der Waals surface area contributed by atoms with E-state index in [1.54, 1.807) is 11.3 Å². The highest BCUT2D eigenvalue weighted by Crippen LogP contribution is 2.41. The highest BCUT2D eigenvalue weighted by atomic mass is 32.1. The molecule has 0 aliphatic carbocycles. The number of likely N-dealkylation sites (tertiary alicyclic amines) is 1. The van der Waals surface area contributed by atoms with Crippen molar-refractivity contribution < 1.29 is 9.53 Å². The summed E-state index contributed by atoms with van der Waals surface area (Å²) in [5.74, 6) is 0.666. The second kappa shape index (κ2) is 6.06. The van der Waals surface area contributed by atoms with Gasteiger partial charge in [0.25, 0.3) is 5.91 Å². The van der Waals surface area contributed by atoms with Gasteiger partial charge in [-0.05, 0) is 37.8 Å². The van der Waals surface area contributed by atoms with Crippen molar-refractivity contribution in [1.82, 2.24) is 9.88 Å². The lowest BCUT2D eigenvalue weighted by molar-refractivity contribution is -0.00448. The number of benzene rings is 1. The summed E-state index contributed by atoms with van der Waals surface area (Å²) < 4.78 is 6.20. The number of rotatable bonds is 2. The van der Waals surface area contributed by atoms with Gasteiger partial charge in [0.15, 0.2) is 0 Å². The summed E-state index contributed by atoms with van der Waals surface area (Å²) in [6.07, 6.45) is 4.14. The number of piperidine rings is 1. The molecule has 1 amide bonds. The number of ether oxygens (including phenoxy) is 1. The second-order valence-corrected chi connectivity index (χ2v) is 7.36. The minimum atomic E-state index is 0.110. The van der Waals surface area contributed by atoms with Crippen molar-refractivity contribution >= 4 is 17.2 Å². The minimum absolute atomic E-state index is 0.110. The largest absolute Gasteiger partial charge is 0.366 e. The van der Waals surface area contributed by atoms with Gasteiger partial charge >= 0.3 is 0 Å². The fraction of sp³-hybridized carbons (Fsp3) is 0.444. The summed E-state index contributed by atoms with van der Waals surface area (Å²) in [5.41, 5.74) is 1.89. The average molecular weight is 328 g/mol. The van der Waals surface area contributed by atoms with Crippen molar-refractivity contribution in [3.8, 4) is 0 Å². The number of hydrogen-bond donors (Lipinski definition) is 0. The van der Waals surface area contributed by atoms with Crippen LogP contribution in [0.4, 0.5) is 0 Å². The van der Waals surface area contributed by atoms with Crippen LogP contribution in [-0.4, -0.2) is 35.0 Å². The summed E-state index contributed by atoms with van der Waals surface area (Å²) in [7, 11) is 0. The lowest BCUT2D eigenvalue weighted by atomic mass is 9.91. The Balaban J connectivity index is 1.45. The molecule has 5 heteroatoms. The van der Waals surface area contributed by atoms with E-state index in [1.807, 2.05) is 47.7 Å². The zero-order chi connectivity index (χ0) is 15.8. The Hall–Kier alpha value is -1.72. The number of fused-ring (bicyclic) bond motifs is 1. The lowest BCUT2D eigenvalue weighted by Crippen LogP contribution is -2.45. The molecule has 0 saturated carbocycles. The number of thiazole rings is 1. The molecule has 2 fully saturated rings. The highest BCUT2D eigenvalue weighted by Gasteiger charge is 2.41. The van der Waals surface area contributed by atoms with Crippen LogP contribution in [-0.2, 0) is 4.74 Å². The molecule has 0 N–H and O–H groups in total. The van der Waals surface area contributed by atoms with E-state index in [-0.39, 0.29) is 18.1 Å². The van der Waals surface area contributed by atoms with Gasteiger partial charge in [-0.1, -0.05) is 17.7 Å². The van der Waals surface area contributed by atoms with E-state index in [4.69, 9.17) is 4.74 Å². The SMILES string of the molecule is Cc1cccc(C(=O)N2CC[C@H]3C[C@@H](c4nccs4)O[C@@H]3C2)c1. The predicted molar refractivity (Wildman–Crippen MR) is 89.5 cm³/mol.